The van der Waals surface area contributed by atoms with Gasteiger partial charge in [0.05, 0.1) is 0 Å². The van der Waals surface area contributed by atoms with Gasteiger partial charge < -0.3 is 10.7 Å². The van der Waals surface area contributed by atoms with Gasteiger partial charge in [0.15, 0.2) is 0 Å². The van der Waals surface area contributed by atoms with Gasteiger partial charge in [-0.25, -0.2) is 4.39 Å². The lowest BCUT2D eigenvalue weighted by molar-refractivity contribution is 0.100. The molecule has 0 saturated heterocycles. The van der Waals surface area contributed by atoms with Crippen LogP contribution in [0.1, 0.15) is 10.4 Å². The number of hydrogen-bond acceptors (Lipinski definition) is 1. The van der Waals surface area contributed by atoms with E-state index in [0.29, 0.717) is 5.56 Å². The van der Waals surface area contributed by atoms with Gasteiger partial charge in [-0.1, -0.05) is 24.3 Å². The van der Waals surface area contributed by atoms with Crippen LogP contribution >= 0.6 is 0 Å². The number of benzene rings is 3. The Morgan fingerprint density at radius 1 is 1.00 bits per heavy atom. The maximum Gasteiger partial charge on any atom is 0.249 e. The van der Waals surface area contributed by atoms with E-state index in [9.17, 15) is 9.18 Å². The summed E-state index contributed by atoms with van der Waals surface area (Å²) in [7, 11) is 0. The predicted octanol–water partition coefficient (Wildman–Crippen LogP) is 4.23. The lowest BCUT2D eigenvalue weighted by Gasteiger charge is -2.06. The van der Waals surface area contributed by atoms with Crippen molar-refractivity contribution < 1.29 is 9.18 Å². The molecule has 0 unspecified atom stereocenters. The highest BCUT2D eigenvalue weighted by molar-refractivity contribution is 6.07. The van der Waals surface area contributed by atoms with Crippen molar-refractivity contribution in [3.63, 3.8) is 0 Å². The third-order valence-corrected chi connectivity index (χ3v) is 4.10. The number of hydrogen-bond donors (Lipinski definition) is 2. The van der Waals surface area contributed by atoms with E-state index in [0.717, 1.165) is 32.8 Å². The molecule has 4 rings (SSSR count). The number of amides is 1. The van der Waals surface area contributed by atoms with Gasteiger partial charge in [0.25, 0.3) is 0 Å². The minimum Gasteiger partial charge on any atom is -0.366 e. The molecule has 1 heterocycles. The number of nitrogens with two attached hydrogens (primary N) is 1. The van der Waals surface area contributed by atoms with E-state index in [4.69, 9.17) is 5.73 Å². The summed E-state index contributed by atoms with van der Waals surface area (Å²) in [5.41, 5.74) is 8.68. The van der Waals surface area contributed by atoms with Crippen LogP contribution in [-0.2, 0) is 0 Å². The number of primary amides is 1. The minimum absolute atomic E-state index is 0.268. The average Bonchev–Trinajstić information content (AvgIpc) is 2.96. The Kier molecular flexibility index (Phi) is 2.91. The van der Waals surface area contributed by atoms with Crippen LogP contribution in [0.25, 0.3) is 32.8 Å². The molecule has 0 fully saturated rings. The van der Waals surface area contributed by atoms with Gasteiger partial charge in [-0.15, -0.1) is 0 Å². The SMILES string of the molecule is NC(=O)c1cccc2cc(-c3c[nH]c4cc(F)ccc34)ccc12. The molecule has 0 saturated carbocycles. The molecule has 0 aliphatic heterocycles. The fraction of sp³-hybridized carbons (Fsp3) is 0. The second-order valence-corrected chi connectivity index (χ2v) is 5.50. The van der Waals surface area contributed by atoms with Gasteiger partial charge >= 0.3 is 0 Å². The summed E-state index contributed by atoms with van der Waals surface area (Å²) < 4.78 is 13.3. The highest BCUT2D eigenvalue weighted by atomic mass is 19.1. The number of rotatable bonds is 2. The van der Waals surface area contributed by atoms with E-state index >= 15 is 0 Å². The maximum atomic E-state index is 13.3. The van der Waals surface area contributed by atoms with Crippen LogP contribution in [0.3, 0.4) is 0 Å². The predicted molar refractivity (Wildman–Crippen MR) is 89.7 cm³/mol. The quantitative estimate of drug-likeness (QED) is 0.572. The second-order valence-electron chi connectivity index (χ2n) is 5.50. The van der Waals surface area contributed by atoms with E-state index in [1.54, 1.807) is 12.1 Å². The van der Waals surface area contributed by atoms with Gasteiger partial charge in [-0.05, 0) is 46.7 Å². The van der Waals surface area contributed by atoms with Crippen molar-refractivity contribution in [2.75, 3.05) is 0 Å². The third-order valence-electron chi connectivity index (χ3n) is 4.10. The van der Waals surface area contributed by atoms with Crippen molar-refractivity contribution in [2.24, 2.45) is 5.73 Å². The first kappa shape index (κ1) is 13.5. The Morgan fingerprint density at radius 3 is 2.65 bits per heavy atom. The highest BCUT2D eigenvalue weighted by Gasteiger charge is 2.10. The molecular formula is C19H13FN2O. The summed E-state index contributed by atoms with van der Waals surface area (Å²) >= 11 is 0. The Hall–Kier alpha value is -3.14. The Balaban J connectivity index is 1.93. The van der Waals surface area contributed by atoms with E-state index in [1.807, 2.05) is 36.5 Å². The standard InChI is InChI=1S/C19H13FN2O/c20-13-5-7-15-17(10-22-18(15)9-13)12-4-6-14-11(8-12)2-1-3-16(14)19(21)23/h1-10,22H,(H2,21,23). The molecule has 3 aromatic carbocycles. The van der Waals surface area contributed by atoms with Gasteiger partial charge in [0.2, 0.25) is 5.91 Å². The monoisotopic (exact) mass is 304 g/mol. The Labute approximate surface area is 131 Å². The molecule has 0 radical (unpaired) electrons. The molecule has 112 valence electrons. The lowest BCUT2D eigenvalue weighted by atomic mass is 9.98. The van der Waals surface area contributed by atoms with Gasteiger partial charge in [0, 0.05) is 28.2 Å². The number of H-pyrrole nitrogens is 1. The normalized spacial score (nSPS) is 11.2. The smallest absolute Gasteiger partial charge is 0.249 e. The molecular weight excluding hydrogens is 291 g/mol. The number of fused-ring (bicyclic) bond motifs is 2. The largest absolute Gasteiger partial charge is 0.366 e. The number of nitrogens with one attached hydrogen (secondary N) is 1. The van der Waals surface area contributed by atoms with Gasteiger partial charge in [-0.3, -0.25) is 4.79 Å². The second kappa shape index (κ2) is 4.95. The van der Waals surface area contributed by atoms with Crippen LogP contribution in [0.2, 0.25) is 0 Å². The van der Waals surface area contributed by atoms with E-state index in [2.05, 4.69) is 4.98 Å². The van der Waals surface area contributed by atoms with Crippen LogP contribution < -0.4 is 5.73 Å². The number of halogens is 1. The summed E-state index contributed by atoms with van der Waals surface area (Å²) in [5, 5.41) is 2.72. The summed E-state index contributed by atoms with van der Waals surface area (Å²) in [4.78, 5) is 14.6. The van der Waals surface area contributed by atoms with Crippen LogP contribution in [0.5, 0.6) is 0 Å². The first-order valence-corrected chi connectivity index (χ1v) is 7.23. The van der Waals surface area contributed by atoms with Crippen molar-refractivity contribution in [1.82, 2.24) is 4.98 Å². The molecule has 0 atom stereocenters. The molecule has 4 heteroatoms. The first-order chi connectivity index (χ1) is 11.1. The van der Waals surface area contributed by atoms with Crippen LogP contribution in [0.15, 0.2) is 60.8 Å². The van der Waals surface area contributed by atoms with E-state index in [-0.39, 0.29) is 5.82 Å². The zero-order valence-corrected chi connectivity index (χ0v) is 12.1. The van der Waals surface area contributed by atoms with Crippen molar-refractivity contribution >= 4 is 27.6 Å². The molecule has 4 aromatic rings. The fourth-order valence-corrected chi connectivity index (χ4v) is 3.00. The molecule has 3 N–H and O–H groups in total. The average molecular weight is 304 g/mol. The zero-order valence-electron chi connectivity index (χ0n) is 12.1. The highest BCUT2D eigenvalue weighted by Crippen LogP contribution is 2.31. The first-order valence-electron chi connectivity index (χ1n) is 7.23. The lowest BCUT2D eigenvalue weighted by Crippen LogP contribution is -2.11. The molecule has 3 nitrogen and oxygen atoms in total. The molecule has 1 amide bonds. The fourth-order valence-electron chi connectivity index (χ4n) is 3.00. The maximum absolute atomic E-state index is 13.3. The molecule has 0 spiro atoms. The van der Waals surface area contributed by atoms with Gasteiger partial charge in [0.1, 0.15) is 5.82 Å². The van der Waals surface area contributed by atoms with Crippen molar-refractivity contribution in [3.8, 4) is 11.1 Å². The number of aromatic amines is 1. The molecule has 0 bridgehead atoms. The molecule has 23 heavy (non-hydrogen) atoms. The van der Waals surface area contributed by atoms with Crippen molar-refractivity contribution in [3.05, 3.63) is 72.2 Å². The van der Waals surface area contributed by atoms with Crippen LogP contribution in [-0.4, -0.2) is 10.9 Å². The zero-order chi connectivity index (χ0) is 16.0. The summed E-state index contributed by atoms with van der Waals surface area (Å²) in [5.74, 6) is -0.707. The van der Waals surface area contributed by atoms with Gasteiger partial charge in [-0.2, -0.15) is 0 Å². The molecule has 0 aliphatic carbocycles. The summed E-state index contributed by atoms with van der Waals surface area (Å²) in [6.45, 7) is 0. The van der Waals surface area contributed by atoms with E-state index < -0.39 is 5.91 Å². The number of aromatic nitrogens is 1. The minimum atomic E-state index is -0.439. The topological polar surface area (TPSA) is 58.9 Å². The Bertz CT molecular complexity index is 1070. The van der Waals surface area contributed by atoms with Crippen LogP contribution in [0, 0.1) is 5.82 Å². The number of carbonyl (C=O) groups excluding carboxylic acids is 1. The van der Waals surface area contributed by atoms with Crippen molar-refractivity contribution in [2.45, 2.75) is 0 Å². The summed E-state index contributed by atoms with van der Waals surface area (Å²) in [6.07, 6.45) is 1.86. The van der Waals surface area contributed by atoms with E-state index in [1.165, 1.54) is 12.1 Å². The molecule has 1 aromatic heterocycles. The molecule has 0 aliphatic rings. The third kappa shape index (κ3) is 2.16. The number of carbonyl (C=O) groups is 1. The van der Waals surface area contributed by atoms with Crippen LogP contribution in [0.4, 0.5) is 4.39 Å². The Morgan fingerprint density at radius 2 is 1.83 bits per heavy atom. The van der Waals surface area contributed by atoms with Crippen molar-refractivity contribution in [1.29, 1.82) is 0 Å². The summed E-state index contributed by atoms with van der Waals surface area (Å²) in [6, 6.07) is 16.0.